The second kappa shape index (κ2) is 3.67. The minimum absolute atomic E-state index is 0. The molecular formula is C11H15ClN2O. The van der Waals surface area contributed by atoms with Crippen molar-refractivity contribution >= 4 is 12.4 Å². The van der Waals surface area contributed by atoms with Crippen molar-refractivity contribution in [1.82, 2.24) is 5.32 Å². The molecule has 3 rings (SSSR count). The van der Waals surface area contributed by atoms with Gasteiger partial charge in [-0.25, -0.2) is 0 Å². The lowest BCUT2D eigenvalue weighted by Crippen LogP contribution is -2.62. The Balaban J connectivity index is 0.000000853. The van der Waals surface area contributed by atoms with Crippen LogP contribution in [0.4, 0.5) is 0 Å². The molecule has 2 heterocycles. The van der Waals surface area contributed by atoms with Gasteiger partial charge >= 0.3 is 0 Å². The quantitative estimate of drug-likeness (QED) is 0.745. The van der Waals surface area contributed by atoms with Crippen molar-refractivity contribution in [3.8, 4) is 5.75 Å². The Hall–Kier alpha value is -0.770. The number of hydrogen-bond acceptors (Lipinski definition) is 3. The maximum absolute atomic E-state index is 6.21. The largest absolute Gasteiger partial charge is 0.493 e. The highest BCUT2D eigenvalue weighted by Crippen LogP contribution is 2.30. The molecule has 2 aliphatic heterocycles. The molecule has 0 bridgehead atoms. The van der Waals surface area contributed by atoms with Gasteiger partial charge in [0.1, 0.15) is 5.75 Å². The fourth-order valence-corrected chi connectivity index (χ4v) is 2.09. The van der Waals surface area contributed by atoms with Gasteiger partial charge in [0.05, 0.1) is 12.1 Å². The molecule has 1 aromatic rings. The lowest BCUT2D eigenvalue weighted by atomic mass is 9.84. The van der Waals surface area contributed by atoms with Gasteiger partial charge < -0.3 is 15.8 Å². The minimum Gasteiger partial charge on any atom is -0.493 e. The molecule has 0 spiro atoms. The van der Waals surface area contributed by atoms with E-state index < -0.39 is 0 Å². The van der Waals surface area contributed by atoms with E-state index in [1.54, 1.807) is 0 Å². The molecule has 0 amide bonds. The van der Waals surface area contributed by atoms with Crippen LogP contribution in [0.5, 0.6) is 5.75 Å². The van der Waals surface area contributed by atoms with E-state index in [0.29, 0.717) is 0 Å². The Morgan fingerprint density at radius 1 is 1.33 bits per heavy atom. The zero-order chi connectivity index (χ0) is 9.60. The molecule has 0 aromatic heterocycles. The first-order valence-electron chi connectivity index (χ1n) is 5.04. The maximum Gasteiger partial charge on any atom is 0.122 e. The molecule has 15 heavy (non-hydrogen) atoms. The van der Waals surface area contributed by atoms with Crippen LogP contribution in [0.25, 0.3) is 0 Å². The lowest BCUT2D eigenvalue weighted by Gasteiger charge is -2.39. The number of rotatable bonds is 1. The third kappa shape index (κ3) is 1.61. The molecule has 0 aliphatic carbocycles. The summed E-state index contributed by atoms with van der Waals surface area (Å²) in [5.74, 6) is 1.03. The maximum atomic E-state index is 6.21. The zero-order valence-corrected chi connectivity index (χ0v) is 9.27. The Kier molecular flexibility index (Phi) is 2.63. The third-order valence-corrected chi connectivity index (χ3v) is 3.15. The van der Waals surface area contributed by atoms with Crippen LogP contribution < -0.4 is 15.8 Å². The number of hydrogen-bond donors (Lipinski definition) is 2. The van der Waals surface area contributed by atoms with Crippen molar-refractivity contribution in [3.63, 3.8) is 0 Å². The summed E-state index contributed by atoms with van der Waals surface area (Å²) in [5, 5.41) is 3.21. The first-order valence-corrected chi connectivity index (χ1v) is 5.04. The average Bonchev–Trinajstić information content (AvgIpc) is 2.60. The summed E-state index contributed by atoms with van der Waals surface area (Å²) in [5.41, 5.74) is 8.62. The molecule has 2 aliphatic rings. The van der Waals surface area contributed by atoms with Gasteiger partial charge in [-0.2, -0.15) is 0 Å². The summed E-state index contributed by atoms with van der Waals surface area (Å²) in [6.45, 7) is 2.58. The van der Waals surface area contributed by atoms with Crippen LogP contribution >= 0.6 is 12.4 Å². The lowest BCUT2D eigenvalue weighted by molar-refractivity contribution is 0.287. The first kappa shape index (κ1) is 10.7. The standard InChI is InChI=1S/C11H14N2O.ClH/c12-11(6-13-7-11)9-1-2-10-8(5-9)3-4-14-10;/h1-2,5,13H,3-4,6-7,12H2;1H. The Morgan fingerprint density at radius 2 is 2.13 bits per heavy atom. The molecule has 0 radical (unpaired) electrons. The van der Waals surface area contributed by atoms with Gasteiger partial charge in [-0.15, -0.1) is 12.4 Å². The fraction of sp³-hybridized carbons (Fsp3) is 0.455. The number of nitrogens with two attached hydrogens (primary N) is 1. The summed E-state index contributed by atoms with van der Waals surface area (Å²) in [7, 11) is 0. The summed E-state index contributed by atoms with van der Waals surface area (Å²) in [6, 6.07) is 6.33. The van der Waals surface area contributed by atoms with Gasteiger partial charge in [0.25, 0.3) is 0 Å². The van der Waals surface area contributed by atoms with Crippen molar-refractivity contribution in [2.75, 3.05) is 19.7 Å². The predicted octanol–water partition coefficient (Wildman–Crippen LogP) is 0.800. The number of fused-ring (bicyclic) bond motifs is 1. The van der Waals surface area contributed by atoms with Crippen LogP contribution in [0.15, 0.2) is 18.2 Å². The van der Waals surface area contributed by atoms with Crippen LogP contribution in [-0.4, -0.2) is 19.7 Å². The zero-order valence-electron chi connectivity index (χ0n) is 8.45. The molecule has 0 saturated carbocycles. The van der Waals surface area contributed by atoms with E-state index in [9.17, 15) is 0 Å². The van der Waals surface area contributed by atoms with Gasteiger partial charge in [-0.1, -0.05) is 12.1 Å². The van der Waals surface area contributed by atoms with E-state index in [0.717, 1.165) is 31.9 Å². The highest BCUT2D eigenvalue weighted by Gasteiger charge is 2.34. The first-order chi connectivity index (χ1) is 6.78. The van der Waals surface area contributed by atoms with E-state index in [-0.39, 0.29) is 17.9 Å². The average molecular weight is 227 g/mol. The molecule has 82 valence electrons. The normalized spacial score (nSPS) is 20.9. The van der Waals surface area contributed by atoms with E-state index in [2.05, 4.69) is 17.4 Å². The van der Waals surface area contributed by atoms with Crippen molar-refractivity contribution in [2.45, 2.75) is 12.0 Å². The molecule has 3 nitrogen and oxygen atoms in total. The summed E-state index contributed by atoms with van der Waals surface area (Å²) >= 11 is 0. The van der Waals surface area contributed by atoms with Crippen LogP contribution in [0, 0.1) is 0 Å². The second-order valence-corrected chi connectivity index (χ2v) is 4.18. The molecule has 1 fully saturated rings. The van der Waals surface area contributed by atoms with E-state index in [1.165, 1.54) is 11.1 Å². The molecule has 4 heteroatoms. The summed E-state index contributed by atoms with van der Waals surface area (Å²) in [6.07, 6.45) is 1.02. The minimum atomic E-state index is -0.141. The number of benzene rings is 1. The predicted molar refractivity (Wildman–Crippen MR) is 61.6 cm³/mol. The van der Waals surface area contributed by atoms with Gasteiger partial charge in [0, 0.05) is 19.5 Å². The molecule has 3 N–H and O–H groups in total. The smallest absolute Gasteiger partial charge is 0.122 e. The van der Waals surface area contributed by atoms with Crippen molar-refractivity contribution in [2.24, 2.45) is 5.73 Å². The monoisotopic (exact) mass is 226 g/mol. The molecule has 1 aromatic carbocycles. The number of halogens is 1. The van der Waals surface area contributed by atoms with E-state index >= 15 is 0 Å². The highest BCUT2D eigenvalue weighted by molar-refractivity contribution is 5.85. The van der Waals surface area contributed by atoms with Gasteiger partial charge in [0.2, 0.25) is 0 Å². The van der Waals surface area contributed by atoms with Crippen LogP contribution in [0.2, 0.25) is 0 Å². The number of nitrogens with one attached hydrogen (secondary N) is 1. The molecule has 1 saturated heterocycles. The van der Waals surface area contributed by atoms with Gasteiger partial charge in [-0.05, 0) is 17.2 Å². The van der Waals surface area contributed by atoms with Gasteiger partial charge in [0.15, 0.2) is 0 Å². The van der Waals surface area contributed by atoms with Crippen molar-refractivity contribution < 1.29 is 4.74 Å². The molecule has 0 atom stereocenters. The molecule has 0 unspecified atom stereocenters. The highest BCUT2D eigenvalue weighted by atomic mass is 35.5. The Bertz CT molecular complexity index is 377. The van der Waals surface area contributed by atoms with Crippen LogP contribution in [0.3, 0.4) is 0 Å². The van der Waals surface area contributed by atoms with Crippen LogP contribution in [-0.2, 0) is 12.0 Å². The third-order valence-electron chi connectivity index (χ3n) is 3.15. The molecular weight excluding hydrogens is 212 g/mol. The van der Waals surface area contributed by atoms with E-state index in [1.807, 2.05) is 6.07 Å². The van der Waals surface area contributed by atoms with E-state index in [4.69, 9.17) is 10.5 Å². The fourth-order valence-electron chi connectivity index (χ4n) is 2.09. The second-order valence-electron chi connectivity index (χ2n) is 4.18. The van der Waals surface area contributed by atoms with Crippen LogP contribution in [0.1, 0.15) is 11.1 Å². The van der Waals surface area contributed by atoms with Gasteiger partial charge in [-0.3, -0.25) is 0 Å². The topological polar surface area (TPSA) is 47.3 Å². The Labute approximate surface area is 95.4 Å². The Morgan fingerprint density at radius 3 is 2.80 bits per heavy atom. The summed E-state index contributed by atoms with van der Waals surface area (Å²) in [4.78, 5) is 0. The van der Waals surface area contributed by atoms with Crippen molar-refractivity contribution in [3.05, 3.63) is 29.3 Å². The summed E-state index contributed by atoms with van der Waals surface area (Å²) < 4.78 is 5.46. The SMILES string of the molecule is Cl.NC1(c2ccc3c(c2)CCO3)CNC1. The number of ether oxygens (including phenoxy) is 1. The van der Waals surface area contributed by atoms with Crippen molar-refractivity contribution in [1.29, 1.82) is 0 Å².